The summed E-state index contributed by atoms with van der Waals surface area (Å²) in [7, 11) is 7.57. The molecule has 1 aliphatic rings. The van der Waals surface area contributed by atoms with Gasteiger partial charge in [0, 0.05) is 48.3 Å². The number of hydrogen-bond donors (Lipinski definition) is 0. The van der Waals surface area contributed by atoms with Gasteiger partial charge in [0.05, 0.1) is 19.8 Å². The molecular weight excluding hydrogens is 502 g/mol. The number of anilines is 1. The number of fused-ring (bicyclic) bond motifs is 2. The molecule has 0 saturated carbocycles. The number of aromatic nitrogens is 2. The molecule has 0 atom stereocenters. The van der Waals surface area contributed by atoms with Crippen LogP contribution in [0.1, 0.15) is 16.1 Å². The zero-order valence-electron chi connectivity index (χ0n) is 22.6. The third kappa shape index (κ3) is 4.68. The van der Waals surface area contributed by atoms with Crippen molar-refractivity contribution >= 4 is 38.9 Å². The molecule has 1 aliphatic heterocycles. The number of allylic oxidation sites excluding steroid dienone is 2. The van der Waals surface area contributed by atoms with E-state index < -0.39 is 0 Å². The van der Waals surface area contributed by atoms with Crippen molar-refractivity contribution in [2.45, 2.75) is 6.54 Å². The monoisotopic (exact) mass is 533 g/mol. The highest BCUT2D eigenvalue weighted by Crippen LogP contribution is 2.40. The van der Waals surface area contributed by atoms with Crippen LogP contribution in [0.5, 0.6) is 11.5 Å². The number of rotatable bonds is 6. The van der Waals surface area contributed by atoms with Crippen molar-refractivity contribution in [3.8, 4) is 22.6 Å². The molecule has 0 aliphatic carbocycles. The van der Waals surface area contributed by atoms with E-state index >= 15 is 0 Å². The van der Waals surface area contributed by atoms with Gasteiger partial charge in [-0.05, 0) is 53.1 Å². The molecular formula is C33H31N3O2S+2. The number of hydrogen-bond acceptors (Lipinski definition) is 4. The lowest BCUT2D eigenvalue weighted by molar-refractivity contribution is -0.671. The molecule has 3 heterocycles. The molecule has 0 amide bonds. The highest BCUT2D eigenvalue weighted by Gasteiger charge is 2.22. The number of methoxy groups -OCH3 is 2. The number of para-hydroxylation sites is 1. The van der Waals surface area contributed by atoms with Crippen LogP contribution in [-0.4, -0.2) is 14.2 Å². The summed E-state index contributed by atoms with van der Waals surface area (Å²) in [5.41, 5.74) is 8.17. The van der Waals surface area contributed by atoms with Gasteiger partial charge in [-0.15, -0.1) is 0 Å². The molecule has 6 rings (SSSR count). The van der Waals surface area contributed by atoms with Crippen LogP contribution in [0.3, 0.4) is 0 Å². The summed E-state index contributed by atoms with van der Waals surface area (Å²) in [5.74, 6) is 1.60. The average molecular weight is 534 g/mol. The SMILES string of the molecule is COc1cccc(OC)c1-c1ccc2c(c1)sc(C=C1C=CN(Cc3cc[n+](C)cc3)c3ccccc31)[n+]2C. The van der Waals surface area contributed by atoms with Gasteiger partial charge in [-0.2, -0.15) is 4.57 Å². The first-order valence-corrected chi connectivity index (χ1v) is 13.7. The Morgan fingerprint density at radius 3 is 2.36 bits per heavy atom. The smallest absolute Gasteiger partial charge is 0.263 e. The normalized spacial score (nSPS) is 13.6. The average Bonchev–Trinajstić information content (AvgIpc) is 3.28. The molecule has 5 aromatic rings. The first-order valence-electron chi connectivity index (χ1n) is 12.9. The van der Waals surface area contributed by atoms with Gasteiger partial charge < -0.3 is 14.4 Å². The van der Waals surface area contributed by atoms with Gasteiger partial charge in [0.15, 0.2) is 12.4 Å². The predicted molar refractivity (Wildman–Crippen MR) is 159 cm³/mol. The molecule has 194 valence electrons. The Hall–Kier alpha value is -4.42. The summed E-state index contributed by atoms with van der Waals surface area (Å²) in [4.78, 5) is 2.32. The standard InChI is InChI=1S/C33H31N3O2S/c1-34-17-14-23(15-18-34)22-36-19-16-24(26-8-5-6-9-27(26)36)21-32-35(2)28-13-12-25(20-31(28)39-32)33-29(37-3)10-7-11-30(33)38-4/h5-21H,22H2,1-4H3/q+2. The minimum Gasteiger partial charge on any atom is -0.496 e. The quantitative estimate of drug-likeness (QED) is 0.240. The molecule has 2 aromatic heterocycles. The van der Waals surface area contributed by atoms with Crippen molar-refractivity contribution in [3.05, 3.63) is 114 Å². The van der Waals surface area contributed by atoms with Crippen LogP contribution in [0, 0.1) is 0 Å². The van der Waals surface area contributed by atoms with E-state index in [2.05, 4.69) is 106 Å². The van der Waals surface area contributed by atoms with Gasteiger partial charge in [-0.3, -0.25) is 0 Å². The fourth-order valence-electron chi connectivity index (χ4n) is 5.13. The lowest BCUT2D eigenvalue weighted by Crippen LogP contribution is -2.29. The van der Waals surface area contributed by atoms with E-state index in [1.54, 1.807) is 25.6 Å². The first-order chi connectivity index (χ1) is 19.1. The summed E-state index contributed by atoms with van der Waals surface area (Å²) in [6, 6.07) is 25.4. The van der Waals surface area contributed by atoms with Crippen LogP contribution in [0.2, 0.25) is 0 Å². The molecule has 5 nitrogen and oxygen atoms in total. The molecule has 0 radical (unpaired) electrons. The van der Waals surface area contributed by atoms with Gasteiger partial charge in [-0.25, -0.2) is 4.57 Å². The van der Waals surface area contributed by atoms with Crippen LogP contribution in [-0.2, 0) is 20.6 Å². The molecule has 0 fully saturated rings. The second-order valence-corrected chi connectivity index (χ2v) is 10.7. The Morgan fingerprint density at radius 1 is 0.872 bits per heavy atom. The number of ether oxygens (including phenoxy) is 2. The van der Waals surface area contributed by atoms with Crippen molar-refractivity contribution < 1.29 is 18.6 Å². The highest BCUT2D eigenvalue weighted by molar-refractivity contribution is 7.19. The van der Waals surface area contributed by atoms with E-state index in [1.165, 1.54) is 37.6 Å². The Bertz CT molecular complexity index is 1710. The topological polar surface area (TPSA) is 29.5 Å². The lowest BCUT2D eigenvalue weighted by Gasteiger charge is -2.27. The number of benzene rings is 3. The van der Waals surface area contributed by atoms with Crippen LogP contribution in [0.15, 0.2) is 97.5 Å². The number of pyridine rings is 1. The zero-order chi connectivity index (χ0) is 26.9. The maximum absolute atomic E-state index is 5.66. The predicted octanol–water partition coefficient (Wildman–Crippen LogP) is 6.31. The summed E-state index contributed by atoms with van der Waals surface area (Å²) in [6.45, 7) is 0.827. The summed E-state index contributed by atoms with van der Waals surface area (Å²) >= 11 is 1.79. The Labute approximate surface area is 233 Å². The van der Waals surface area contributed by atoms with Crippen LogP contribution in [0.4, 0.5) is 5.69 Å². The summed E-state index contributed by atoms with van der Waals surface area (Å²) in [6.07, 6.45) is 10.9. The minimum atomic E-state index is 0.801. The van der Waals surface area contributed by atoms with E-state index in [-0.39, 0.29) is 0 Å². The minimum absolute atomic E-state index is 0.801. The molecule has 0 unspecified atom stereocenters. The van der Waals surface area contributed by atoms with E-state index in [1.807, 2.05) is 25.2 Å². The summed E-state index contributed by atoms with van der Waals surface area (Å²) < 4.78 is 16.9. The Kier molecular flexibility index (Phi) is 6.63. The van der Waals surface area contributed by atoms with Crippen molar-refractivity contribution in [1.82, 2.24) is 0 Å². The Morgan fingerprint density at radius 2 is 1.62 bits per heavy atom. The van der Waals surface area contributed by atoms with Crippen molar-refractivity contribution in [1.29, 1.82) is 0 Å². The third-order valence-corrected chi connectivity index (χ3v) is 8.37. The van der Waals surface area contributed by atoms with Gasteiger partial charge in [-0.1, -0.05) is 35.6 Å². The van der Waals surface area contributed by atoms with Crippen molar-refractivity contribution in [3.63, 3.8) is 0 Å². The maximum atomic E-state index is 5.66. The largest absolute Gasteiger partial charge is 0.496 e. The second kappa shape index (κ2) is 10.4. The zero-order valence-corrected chi connectivity index (χ0v) is 23.4. The summed E-state index contributed by atoms with van der Waals surface area (Å²) in [5, 5.41) is 1.19. The van der Waals surface area contributed by atoms with E-state index in [0.717, 1.165) is 29.2 Å². The lowest BCUT2D eigenvalue weighted by atomic mass is 9.99. The fraction of sp³-hybridized carbons (Fsp3) is 0.152. The second-order valence-electron chi connectivity index (χ2n) is 9.65. The van der Waals surface area contributed by atoms with Crippen LogP contribution in [0.25, 0.3) is 33.0 Å². The van der Waals surface area contributed by atoms with Gasteiger partial charge in [0.25, 0.3) is 5.01 Å². The molecule has 0 N–H and O–H groups in total. The molecule has 0 spiro atoms. The number of thiazole rings is 1. The molecule has 3 aromatic carbocycles. The molecule has 0 saturated heterocycles. The van der Waals surface area contributed by atoms with Gasteiger partial charge in [0.1, 0.15) is 30.3 Å². The van der Waals surface area contributed by atoms with Crippen molar-refractivity contribution in [2.24, 2.45) is 14.1 Å². The van der Waals surface area contributed by atoms with E-state index in [4.69, 9.17) is 9.47 Å². The Balaban J connectivity index is 1.38. The van der Waals surface area contributed by atoms with Gasteiger partial charge >= 0.3 is 0 Å². The third-order valence-electron chi connectivity index (χ3n) is 7.22. The highest BCUT2D eigenvalue weighted by atomic mass is 32.1. The van der Waals surface area contributed by atoms with Gasteiger partial charge in [0.2, 0.25) is 5.52 Å². The number of nitrogens with zero attached hydrogens (tertiary/aromatic N) is 3. The molecule has 6 heteroatoms. The molecule has 0 bridgehead atoms. The van der Waals surface area contributed by atoms with Crippen molar-refractivity contribution in [2.75, 3.05) is 19.1 Å². The first kappa shape index (κ1) is 24.9. The fourth-order valence-corrected chi connectivity index (χ4v) is 6.27. The number of aryl methyl sites for hydroxylation is 2. The van der Waals surface area contributed by atoms with Crippen LogP contribution < -0.4 is 23.5 Å². The van der Waals surface area contributed by atoms with E-state index in [0.29, 0.717) is 0 Å². The molecule has 39 heavy (non-hydrogen) atoms. The van der Waals surface area contributed by atoms with Crippen LogP contribution >= 0.6 is 11.3 Å². The van der Waals surface area contributed by atoms with E-state index in [9.17, 15) is 0 Å². The maximum Gasteiger partial charge on any atom is 0.263 e.